The molecule has 0 saturated carbocycles. The Kier molecular flexibility index (Phi) is 1.07. The second-order valence-electron chi connectivity index (χ2n) is 2.32. The Morgan fingerprint density at radius 1 is 1.64 bits per heavy atom. The molecular formula is C7H7N4+. The molecule has 0 atom stereocenters. The standard InChI is InChI=1S/C7H6N4/c1-2-4-5-6(8)9-3-10-7(5)11-4/h8H,2H2,1H3/p+1. The van der Waals surface area contributed by atoms with Crippen molar-refractivity contribution in [2.45, 2.75) is 13.3 Å². The largest absolute Gasteiger partial charge is 0.346 e. The minimum atomic E-state index is 0.488. The van der Waals surface area contributed by atoms with Crippen LogP contribution in [0.1, 0.15) is 13.3 Å². The summed E-state index contributed by atoms with van der Waals surface area (Å²) < 4.78 is 3.75. The van der Waals surface area contributed by atoms with E-state index in [9.17, 15) is 0 Å². The van der Waals surface area contributed by atoms with E-state index in [0.717, 1.165) is 17.7 Å². The normalized spacial score (nSPS) is 19.0. The van der Waals surface area contributed by atoms with E-state index in [2.05, 4.69) is 20.7 Å². The molecule has 0 aromatic carbocycles. The summed E-state index contributed by atoms with van der Waals surface area (Å²) in [5, 5.41) is 0. The first-order chi connectivity index (χ1) is 5.33. The van der Waals surface area contributed by atoms with Crippen molar-refractivity contribution in [3.05, 3.63) is 11.3 Å². The molecule has 0 fully saturated rings. The Labute approximate surface area is 63.6 Å². The van der Waals surface area contributed by atoms with Gasteiger partial charge in [-0.25, -0.2) is 4.99 Å². The predicted octanol–water partition coefficient (Wildman–Crippen LogP) is -0.326. The molecule has 0 aromatic heterocycles. The number of hydrogen-bond acceptors (Lipinski definition) is 3. The lowest BCUT2D eigenvalue weighted by Crippen LogP contribution is -2.30. The second kappa shape index (κ2) is 1.92. The third-order valence-corrected chi connectivity index (χ3v) is 1.67. The van der Waals surface area contributed by atoms with Crippen molar-refractivity contribution in [2.24, 2.45) is 15.7 Å². The fraction of sp³-hybridized carbons (Fsp3) is 0.286. The van der Waals surface area contributed by atoms with Crippen LogP contribution in [0.2, 0.25) is 0 Å². The highest BCUT2D eigenvalue weighted by Gasteiger charge is 2.32. The van der Waals surface area contributed by atoms with Crippen molar-refractivity contribution in [1.82, 2.24) is 4.67 Å². The summed E-state index contributed by atoms with van der Waals surface area (Å²) in [6.45, 7) is 2.03. The van der Waals surface area contributed by atoms with Crippen LogP contribution in [0.25, 0.3) is 0 Å². The number of aliphatic imine (C=N–C) groups is 2. The van der Waals surface area contributed by atoms with Crippen molar-refractivity contribution in [3.8, 4) is 0 Å². The van der Waals surface area contributed by atoms with E-state index in [1.165, 1.54) is 0 Å². The molecule has 2 heterocycles. The number of nitrogens with zero attached hydrogens (tertiary/aromatic N) is 3. The van der Waals surface area contributed by atoms with Gasteiger partial charge in [0, 0.05) is 0 Å². The molecule has 0 saturated heterocycles. The monoisotopic (exact) mass is 147 g/mol. The molecule has 0 amide bonds. The van der Waals surface area contributed by atoms with Gasteiger partial charge in [-0.1, -0.05) is 6.92 Å². The van der Waals surface area contributed by atoms with Gasteiger partial charge in [0.2, 0.25) is 0 Å². The van der Waals surface area contributed by atoms with Crippen molar-refractivity contribution in [1.29, 1.82) is 0 Å². The quantitative estimate of drug-likeness (QED) is 0.507. The fourth-order valence-corrected chi connectivity index (χ4v) is 1.10. The number of fused-ring (bicyclic) bond motifs is 1. The van der Waals surface area contributed by atoms with E-state index in [0.29, 0.717) is 11.7 Å². The number of rotatable bonds is 1. The number of amidine groups is 2. The van der Waals surface area contributed by atoms with Gasteiger partial charge >= 0.3 is 11.8 Å². The van der Waals surface area contributed by atoms with Crippen LogP contribution in [0.3, 0.4) is 0 Å². The molecule has 0 unspecified atom stereocenters. The Hall–Kier alpha value is -1.63. The zero-order valence-corrected chi connectivity index (χ0v) is 6.13. The Morgan fingerprint density at radius 3 is 3.09 bits per heavy atom. The lowest BCUT2D eigenvalue weighted by molar-refractivity contribution is 1.02. The molecule has 54 valence electrons. The molecule has 2 rings (SSSR count). The maximum atomic E-state index is 5.57. The zero-order valence-electron chi connectivity index (χ0n) is 6.13. The number of allylic oxidation sites excluding steroid dienone is 1. The molecule has 0 aromatic rings. The number of hydrogen-bond donors (Lipinski definition) is 1. The highest BCUT2D eigenvalue weighted by molar-refractivity contribution is 6.28. The lowest BCUT2D eigenvalue weighted by atomic mass is 10.1. The molecule has 0 aliphatic carbocycles. The second-order valence-corrected chi connectivity index (χ2v) is 2.32. The maximum absolute atomic E-state index is 5.57. The van der Waals surface area contributed by atoms with Crippen molar-refractivity contribution < 1.29 is 0 Å². The first-order valence-electron chi connectivity index (χ1n) is 3.44. The molecule has 0 radical (unpaired) electrons. The topological polar surface area (TPSA) is 64.8 Å². The fourth-order valence-electron chi connectivity index (χ4n) is 1.10. The van der Waals surface area contributed by atoms with Crippen LogP contribution in [0.15, 0.2) is 21.3 Å². The van der Waals surface area contributed by atoms with E-state index in [4.69, 9.17) is 5.73 Å². The van der Waals surface area contributed by atoms with E-state index in [1.54, 1.807) is 0 Å². The summed E-state index contributed by atoms with van der Waals surface area (Å²) in [5.74, 6) is 1.16. The Balaban J connectivity index is 2.52. The van der Waals surface area contributed by atoms with Crippen molar-refractivity contribution in [2.75, 3.05) is 0 Å². The van der Waals surface area contributed by atoms with Gasteiger partial charge in [0.15, 0.2) is 0 Å². The molecule has 0 spiro atoms. The van der Waals surface area contributed by atoms with Gasteiger partial charge in [-0.05, 0) is 11.4 Å². The smallest absolute Gasteiger partial charge is 0.304 e. The van der Waals surface area contributed by atoms with Gasteiger partial charge in [-0.15, -0.1) is 0 Å². The summed E-state index contributed by atoms with van der Waals surface area (Å²) in [5.41, 5.74) is 7.48. The summed E-state index contributed by atoms with van der Waals surface area (Å²) in [7, 11) is 0. The van der Waals surface area contributed by atoms with Gasteiger partial charge in [-0.3, -0.25) is 0 Å². The lowest BCUT2D eigenvalue weighted by Gasteiger charge is -2.11. The summed E-state index contributed by atoms with van der Waals surface area (Å²) in [4.78, 5) is 7.94. The number of nitrogens with two attached hydrogens (primary N) is 1. The van der Waals surface area contributed by atoms with E-state index in [1.807, 2.05) is 6.92 Å². The third-order valence-electron chi connectivity index (χ3n) is 1.67. The van der Waals surface area contributed by atoms with Crippen LogP contribution in [0, 0.1) is 0 Å². The van der Waals surface area contributed by atoms with E-state index < -0.39 is 0 Å². The van der Waals surface area contributed by atoms with E-state index >= 15 is 0 Å². The molecule has 0 bridgehead atoms. The van der Waals surface area contributed by atoms with E-state index in [-0.39, 0.29) is 0 Å². The zero-order chi connectivity index (χ0) is 7.84. The van der Waals surface area contributed by atoms with Crippen LogP contribution in [0.4, 0.5) is 0 Å². The first-order valence-corrected chi connectivity index (χ1v) is 3.44. The van der Waals surface area contributed by atoms with Gasteiger partial charge in [0.25, 0.3) is 5.84 Å². The molecule has 4 nitrogen and oxygen atoms in total. The molecule has 2 N–H and O–H groups in total. The summed E-state index contributed by atoms with van der Waals surface area (Å²) in [6.07, 6.45) is 0.880. The maximum Gasteiger partial charge on any atom is 0.346 e. The third kappa shape index (κ3) is 0.679. The van der Waals surface area contributed by atoms with Crippen LogP contribution in [0.5, 0.6) is 0 Å². The molecule has 2 aliphatic rings. The molecule has 4 heteroatoms. The molecule has 2 aliphatic heterocycles. The van der Waals surface area contributed by atoms with Gasteiger partial charge < -0.3 is 5.73 Å². The highest BCUT2D eigenvalue weighted by atomic mass is 15.0. The highest BCUT2D eigenvalue weighted by Crippen LogP contribution is 2.22. The van der Waals surface area contributed by atoms with Crippen LogP contribution >= 0.6 is 0 Å². The summed E-state index contributed by atoms with van der Waals surface area (Å²) in [6, 6.07) is 2.43. The van der Waals surface area contributed by atoms with Crippen LogP contribution in [-0.2, 0) is 0 Å². The van der Waals surface area contributed by atoms with Crippen molar-refractivity contribution in [3.63, 3.8) is 0 Å². The van der Waals surface area contributed by atoms with Gasteiger partial charge in [0.1, 0.15) is 5.57 Å². The van der Waals surface area contributed by atoms with Crippen molar-refractivity contribution >= 4 is 17.7 Å². The van der Waals surface area contributed by atoms with Gasteiger partial charge in [0.05, 0.1) is 5.70 Å². The Bertz CT molecular complexity index is 373. The molecule has 11 heavy (non-hydrogen) atoms. The predicted molar refractivity (Wildman–Crippen MR) is 43.5 cm³/mol. The minimum absolute atomic E-state index is 0.488. The average molecular weight is 147 g/mol. The van der Waals surface area contributed by atoms with Crippen LogP contribution < -0.4 is 10.4 Å². The summed E-state index contributed by atoms with van der Waals surface area (Å²) >= 11 is 0. The first kappa shape index (κ1) is 6.10. The molecular weight excluding hydrogens is 140 g/mol. The van der Waals surface area contributed by atoms with Gasteiger partial charge in [-0.2, -0.15) is 4.67 Å². The Morgan fingerprint density at radius 2 is 2.45 bits per heavy atom. The average Bonchev–Trinajstić information content (AvgIpc) is 1.93. The van der Waals surface area contributed by atoms with Crippen LogP contribution in [-0.4, -0.2) is 17.7 Å². The minimum Gasteiger partial charge on any atom is -0.304 e. The SMILES string of the molecule is CCC1=C2C(=N1)N=C=[N+]=C2N.